The molecule has 1 atom stereocenters. The third-order valence-corrected chi connectivity index (χ3v) is 3.55. The van der Waals surface area contributed by atoms with Gasteiger partial charge in [-0.1, -0.05) is 0 Å². The van der Waals surface area contributed by atoms with Crippen molar-refractivity contribution in [3.05, 3.63) is 0 Å². The minimum Gasteiger partial charge on any atom is -0.313 e. The normalized spacial score (nSPS) is 25.3. The number of nitrogens with one attached hydrogen (secondary N) is 1. The molecule has 17 heavy (non-hydrogen) atoms. The Hall–Kier alpha value is -0.940. The van der Waals surface area contributed by atoms with Gasteiger partial charge in [0.15, 0.2) is 0 Å². The summed E-state index contributed by atoms with van der Waals surface area (Å²) >= 11 is 0. The quantitative estimate of drug-likeness (QED) is 0.676. The van der Waals surface area contributed by atoms with Crippen LogP contribution in [0.4, 0.5) is 0 Å². The van der Waals surface area contributed by atoms with E-state index >= 15 is 0 Å². The fourth-order valence-corrected chi connectivity index (χ4v) is 2.52. The molecule has 2 amide bonds. The topological polar surface area (TPSA) is 52.7 Å². The van der Waals surface area contributed by atoms with Crippen molar-refractivity contribution >= 4 is 11.8 Å². The van der Waals surface area contributed by atoms with E-state index in [2.05, 4.69) is 10.2 Å². The molecule has 2 aliphatic heterocycles. The molecule has 2 fully saturated rings. The van der Waals surface area contributed by atoms with Gasteiger partial charge in [0.1, 0.15) is 0 Å². The first-order valence-corrected chi connectivity index (χ1v) is 6.42. The van der Waals surface area contributed by atoms with E-state index in [1.165, 1.54) is 17.7 Å². The molecule has 2 aliphatic rings. The van der Waals surface area contributed by atoms with Crippen LogP contribution in [0, 0.1) is 0 Å². The number of likely N-dealkylation sites (N-methyl/N-ethyl adjacent to an activating group) is 1. The Balaban J connectivity index is 1.70. The van der Waals surface area contributed by atoms with Gasteiger partial charge in [0.2, 0.25) is 11.8 Å². The van der Waals surface area contributed by atoms with Crippen LogP contribution < -0.4 is 5.32 Å². The molecular weight excluding hydrogens is 218 g/mol. The molecule has 0 aromatic heterocycles. The molecule has 96 valence electrons. The van der Waals surface area contributed by atoms with Crippen LogP contribution in [0.2, 0.25) is 0 Å². The zero-order chi connectivity index (χ0) is 12.3. The molecule has 0 aromatic carbocycles. The number of likely N-dealkylation sites (tertiary alicyclic amines) is 1. The molecular formula is C12H21N3O2. The molecule has 1 unspecified atom stereocenters. The minimum atomic E-state index is -0.0117. The molecule has 0 spiro atoms. The SMILES string of the molecule is CN(CCN1C(=O)CCC1=O)CC1CCCN1. The van der Waals surface area contributed by atoms with E-state index in [-0.39, 0.29) is 11.8 Å². The second kappa shape index (κ2) is 5.60. The molecule has 2 rings (SSSR count). The Morgan fingerprint density at radius 2 is 2.06 bits per heavy atom. The number of hydrogen-bond acceptors (Lipinski definition) is 4. The highest BCUT2D eigenvalue weighted by molar-refractivity contribution is 6.01. The van der Waals surface area contributed by atoms with Crippen molar-refractivity contribution in [2.24, 2.45) is 0 Å². The van der Waals surface area contributed by atoms with Crippen molar-refractivity contribution in [1.82, 2.24) is 15.1 Å². The lowest BCUT2D eigenvalue weighted by Crippen LogP contribution is -2.41. The fraction of sp³-hybridized carbons (Fsp3) is 0.833. The average molecular weight is 239 g/mol. The van der Waals surface area contributed by atoms with Gasteiger partial charge in [-0.2, -0.15) is 0 Å². The number of rotatable bonds is 5. The lowest BCUT2D eigenvalue weighted by molar-refractivity contribution is -0.138. The summed E-state index contributed by atoms with van der Waals surface area (Å²) in [4.78, 5) is 26.4. The zero-order valence-corrected chi connectivity index (χ0v) is 10.4. The van der Waals surface area contributed by atoms with E-state index in [0.717, 1.165) is 19.6 Å². The maximum Gasteiger partial charge on any atom is 0.229 e. The standard InChI is InChI=1S/C12H21N3O2/c1-14(9-10-3-2-6-13-10)7-8-15-11(16)4-5-12(15)17/h10,13H,2-9H2,1H3. The number of carbonyl (C=O) groups excluding carboxylic acids is 2. The Morgan fingerprint density at radius 1 is 1.35 bits per heavy atom. The lowest BCUT2D eigenvalue weighted by atomic mass is 10.2. The number of carbonyl (C=O) groups is 2. The van der Waals surface area contributed by atoms with Crippen LogP contribution in [0.25, 0.3) is 0 Å². The third-order valence-electron chi connectivity index (χ3n) is 3.55. The first-order chi connectivity index (χ1) is 8.16. The number of amides is 2. The Labute approximate surface area is 102 Å². The van der Waals surface area contributed by atoms with Gasteiger partial charge >= 0.3 is 0 Å². The summed E-state index contributed by atoms with van der Waals surface area (Å²) in [6.45, 7) is 3.42. The first-order valence-electron chi connectivity index (χ1n) is 6.42. The summed E-state index contributed by atoms with van der Waals surface area (Å²) in [5, 5.41) is 3.44. The lowest BCUT2D eigenvalue weighted by Gasteiger charge is -2.23. The maximum absolute atomic E-state index is 11.4. The molecule has 2 heterocycles. The van der Waals surface area contributed by atoms with Crippen LogP contribution in [-0.2, 0) is 9.59 Å². The van der Waals surface area contributed by atoms with Gasteiger partial charge in [-0.3, -0.25) is 14.5 Å². The summed E-state index contributed by atoms with van der Waals surface area (Å²) in [6, 6.07) is 0.574. The van der Waals surface area contributed by atoms with E-state index in [1.54, 1.807) is 0 Å². The highest BCUT2D eigenvalue weighted by atomic mass is 16.2. The predicted octanol–water partition coefficient (Wildman–Crippen LogP) is -0.181. The van der Waals surface area contributed by atoms with Crippen LogP contribution in [0.5, 0.6) is 0 Å². The van der Waals surface area contributed by atoms with Gasteiger partial charge in [-0.05, 0) is 26.4 Å². The Morgan fingerprint density at radius 3 is 2.65 bits per heavy atom. The van der Waals surface area contributed by atoms with Gasteiger partial charge in [0.25, 0.3) is 0 Å². The minimum absolute atomic E-state index is 0.0117. The van der Waals surface area contributed by atoms with E-state index in [0.29, 0.717) is 25.4 Å². The summed E-state index contributed by atoms with van der Waals surface area (Å²) in [5.74, 6) is -0.0233. The summed E-state index contributed by atoms with van der Waals surface area (Å²) < 4.78 is 0. The summed E-state index contributed by atoms with van der Waals surface area (Å²) in [6.07, 6.45) is 3.27. The van der Waals surface area contributed by atoms with Gasteiger partial charge < -0.3 is 10.2 Å². The highest BCUT2D eigenvalue weighted by Gasteiger charge is 2.28. The number of hydrogen-bond donors (Lipinski definition) is 1. The molecule has 0 aromatic rings. The van der Waals surface area contributed by atoms with E-state index in [4.69, 9.17) is 0 Å². The van der Waals surface area contributed by atoms with E-state index in [1.807, 2.05) is 7.05 Å². The average Bonchev–Trinajstić information content (AvgIpc) is 2.88. The van der Waals surface area contributed by atoms with E-state index in [9.17, 15) is 9.59 Å². The zero-order valence-electron chi connectivity index (χ0n) is 10.4. The van der Waals surface area contributed by atoms with Gasteiger partial charge in [0.05, 0.1) is 0 Å². The molecule has 2 saturated heterocycles. The van der Waals surface area contributed by atoms with Crippen LogP contribution in [0.15, 0.2) is 0 Å². The van der Waals surface area contributed by atoms with Gasteiger partial charge in [0, 0.05) is 38.5 Å². The van der Waals surface area contributed by atoms with Crippen molar-refractivity contribution in [2.75, 3.05) is 33.2 Å². The molecule has 0 bridgehead atoms. The van der Waals surface area contributed by atoms with Crippen molar-refractivity contribution < 1.29 is 9.59 Å². The summed E-state index contributed by atoms with van der Waals surface area (Å²) in [7, 11) is 2.05. The second-order valence-electron chi connectivity index (χ2n) is 4.99. The second-order valence-corrected chi connectivity index (χ2v) is 4.99. The van der Waals surface area contributed by atoms with Gasteiger partial charge in [-0.25, -0.2) is 0 Å². The highest BCUT2D eigenvalue weighted by Crippen LogP contribution is 2.11. The van der Waals surface area contributed by atoms with Gasteiger partial charge in [-0.15, -0.1) is 0 Å². The Bertz CT molecular complexity index is 284. The van der Waals surface area contributed by atoms with Crippen LogP contribution in [0.1, 0.15) is 25.7 Å². The molecule has 0 radical (unpaired) electrons. The Kier molecular flexibility index (Phi) is 4.12. The molecule has 5 heteroatoms. The molecule has 0 aliphatic carbocycles. The van der Waals surface area contributed by atoms with Crippen molar-refractivity contribution in [3.8, 4) is 0 Å². The predicted molar refractivity (Wildman–Crippen MR) is 64.5 cm³/mol. The number of nitrogens with zero attached hydrogens (tertiary/aromatic N) is 2. The van der Waals surface area contributed by atoms with Crippen LogP contribution in [-0.4, -0.2) is 60.9 Å². The van der Waals surface area contributed by atoms with Crippen molar-refractivity contribution in [3.63, 3.8) is 0 Å². The summed E-state index contributed by atoms with van der Waals surface area (Å²) in [5.41, 5.74) is 0. The molecule has 1 N–H and O–H groups in total. The monoisotopic (exact) mass is 239 g/mol. The largest absolute Gasteiger partial charge is 0.313 e. The molecule has 0 saturated carbocycles. The maximum atomic E-state index is 11.4. The van der Waals surface area contributed by atoms with E-state index < -0.39 is 0 Å². The number of imide groups is 1. The van der Waals surface area contributed by atoms with Crippen LogP contribution >= 0.6 is 0 Å². The third kappa shape index (κ3) is 3.26. The molecule has 5 nitrogen and oxygen atoms in total. The van der Waals surface area contributed by atoms with Crippen LogP contribution in [0.3, 0.4) is 0 Å². The van der Waals surface area contributed by atoms with Crippen molar-refractivity contribution in [1.29, 1.82) is 0 Å². The fourth-order valence-electron chi connectivity index (χ4n) is 2.52. The first kappa shape index (κ1) is 12.5. The smallest absolute Gasteiger partial charge is 0.229 e. The van der Waals surface area contributed by atoms with Crippen molar-refractivity contribution in [2.45, 2.75) is 31.7 Å².